The summed E-state index contributed by atoms with van der Waals surface area (Å²) in [6.45, 7) is 0. The Hall–Kier alpha value is -1.35. The van der Waals surface area contributed by atoms with Gasteiger partial charge in [0.15, 0.2) is 0 Å². The quantitative estimate of drug-likeness (QED) is 0.227. The third kappa shape index (κ3) is 23.1. The Kier molecular flexibility index (Phi) is 26.4. The first kappa shape index (κ1) is 40.8. The summed E-state index contributed by atoms with van der Waals surface area (Å²) in [7, 11) is 4.28. The first-order valence-corrected chi connectivity index (χ1v) is 20.5. The summed E-state index contributed by atoms with van der Waals surface area (Å²) in [5.74, 6) is 0.203. The predicted octanol–water partition coefficient (Wildman–Crippen LogP) is 13.2. The Balaban J connectivity index is 1.71. The number of ether oxygens (including phenoxy) is 1. The number of carbonyl (C=O) groups excluding carboxylic acids is 1. The molecule has 0 aromatic heterocycles. The van der Waals surface area contributed by atoms with Crippen LogP contribution < -0.4 is 0 Å². The molecular weight excluding hydrogens is 562 g/mol. The second-order valence-corrected chi connectivity index (χ2v) is 15.0. The van der Waals surface area contributed by atoms with E-state index in [-0.39, 0.29) is 18.0 Å². The molecule has 0 spiro atoms. The van der Waals surface area contributed by atoms with E-state index >= 15 is 0 Å². The largest absolute Gasteiger partial charge is 0.462 e. The molecule has 0 heterocycles. The second-order valence-electron chi connectivity index (χ2n) is 15.0. The molecule has 2 aliphatic carbocycles. The van der Waals surface area contributed by atoms with Crippen molar-refractivity contribution in [1.29, 1.82) is 0 Å². The number of rotatable bonds is 3. The third-order valence-electron chi connectivity index (χ3n) is 10.6. The molecule has 0 amide bonds. The SMILES string of the molecule is CN(C)C1CCC(C(=O)OC2CCCCCCCC/C=C\C/C=C\CCCCCCCCCCC/C=C\CCCCCCCC2)C1. The van der Waals surface area contributed by atoms with E-state index in [0.29, 0.717) is 6.04 Å². The lowest BCUT2D eigenvalue weighted by molar-refractivity contribution is -0.154. The molecule has 0 aromatic carbocycles. The van der Waals surface area contributed by atoms with Gasteiger partial charge in [0.05, 0.1) is 5.92 Å². The lowest BCUT2D eigenvalue weighted by atomic mass is 10.0. The van der Waals surface area contributed by atoms with Gasteiger partial charge in [-0.25, -0.2) is 0 Å². The highest BCUT2D eigenvalue weighted by Gasteiger charge is 2.33. The molecule has 2 aliphatic rings. The molecule has 3 nitrogen and oxygen atoms in total. The Morgan fingerprint density at radius 1 is 0.478 bits per heavy atom. The van der Waals surface area contributed by atoms with Crippen LogP contribution in [0.3, 0.4) is 0 Å². The Morgan fingerprint density at radius 2 is 0.848 bits per heavy atom. The average Bonchev–Trinajstić information content (AvgIpc) is 3.56. The summed E-state index contributed by atoms with van der Waals surface area (Å²) in [6, 6.07) is 0.534. The van der Waals surface area contributed by atoms with Gasteiger partial charge in [0, 0.05) is 6.04 Å². The van der Waals surface area contributed by atoms with E-state index in [1.807, 2.05) is 0 Å². The van der Waals surface area contributed by atoms with E-state index in [1.165, 1.54) is 161 Å². The van der Waals surface area contributed by atoms with E-state index in [0.717, 1.165) is 38.5 Å². The Labute approximate surface area is 287 Å². The maximum Gasteiger partial charge on any atom is 0.309 e. The Morgan fingerprint density at radius 3 is 1.24 bits per heavy atom. The topological polar surface area (TPSA) is 29.5 Å². The molecule has 266 valence electrons. The molecule has 0 N–H and O–H groups in total. The number of carbonyl (C=O) groups is 1. The van der Waals surface area contributed by atoms with Crippen molar-refractivity contribution in [2.45, 2.75) is 211 Å². The van der Waals surface area contributed by atoms with Crippen molar-refractivity contribution in [3.8, 4) is 0 Å². The van der Waals surface area contributed by atoms with Crippen LogP contribution in [-0.2, 0) is 9.53 Å². The van der Waals surface area contributed by atoms with Crippen LogP contribution in [0, 0.1) is 5.92 Å². The van der Waals surface area contributed by atoms with Crippen LogP contribution in [0.2, 0.25) is 0 Å². The van der Waals surface area contributed by atoms with Crippen molar-refractivity contribution >= 4 is 5.97 Å². The summed E-state index contributed by atoms with van der Waals surface area (Å²) in [6.07, 6.45) is 54.1. The molecular formula is C43H77NO2. The minimum absolute atomic E-state index is 0.0931. The molecule has 0 aliphatic heterocycles. The minimum atomic E-state index is 0.0931. The van der Waals surface area contributed by atoms with Crippen molar-refractivity contribution < 1.29 is 9.53 Å². The fourth-order valence-electron chi connectivity index (χ4n) is 7.35. The van der Waals surface area contributed by atoms with E-state index in [1.54, 1.807) is 0 Å². The zero-order valence-electron chi connectivity index (χ0n) is 30.9. The Bertz CT molecular complexity index is 784. The molecule has 0 saturated heterocycles. The molecule has 3 atom stereocenters. The average molecular weight is 640 g/mol. The monoisotopic (exact) mass is 640 g/mol. The van der Waals surface area contributed by atoms with Crippen LogP contribution in [0.4, 0.5) is 0 Å². The first-order chi connectivity index (χ1) is 22.7. The van der Waals surface area contributed by atoms with Crippen LogP contribution in [0.15, 0.2) is 36.5 Å². The molecule has 1 saturated carbocycles. The molecule has 3 unspecified atom stereocenters. The van der Waals surface area contributed by atoms with Gasteiger partial charge in [0.2, 0.25) is 0 Å². The number of hydrogen-bond acceptors (Lipinski definition) is 3. The molecule has 0 radical (unpaired) electrons. The summed E-state index contributed by atoms with van der Waals surface area (Å²) in [4.78, 5) is 15.4. The molecule has 0 aromatic rings. The van der Waals surface area contributed by atoms with E-state index < -0.39 is 0 Å². The van der Waals surface area contributed by atoms with Gasteiger partial charge in [0.25, 0.3) is 0 Å². The van der Waals surface area contributed by atoms with Crippen LogP contribution in [0.1, 0.15) is 199 Å². The fraction of sp³-hybridized carbons (Fsp3) is 0.837. The number of allylic oxidation sites excluding steroid dienone is 6. The highest BCUT2D eigenvalue weighted by atomic mass is 16.5. The zero-order valence-corrected chi connectivity index (χ0v) is 30.9. The third-order valence-corrected chi connectivity index (χ3v) is 10.6. The van der Waals surface area contributed by atoms with Crippen LogP contribution in [0.5, 0.6) is 0 Å². The first-order valence-electron chi connectivity index (χ1n) is 20.5. The van der Waals surface area contributed by atoms with Crippen molar-refractivity contribution in [3.63, 3.8) is 0 Å². The molecule has 0 bridgehead atoms. The molecule has 46 heavy (non-hydrogen) atoms. The van der Waals surface area contributed by atoms with Crippen LogP contribution in [0.25, 0.3) is 0 Å². The van der Waals surface area contributed by atoms with Gasteiger partial charge in [0.1, 0.15) is 6.10 Å². The van der Waals surface area contributed by atoms with E-state index in [2.05, 4.69) is 55.5 Å². The van der Waals surface area contributed by atoms with E-state index in [4.69, 9.17) is 4.74 Å². The summed E-state index contributed by atoms with van der Waals surface area (Å²) in [5.41, 5.74) is 0. The van der Waals surface area contributed by atoms with Gasteiger partial charge in [-0.15, -0.1) is 0 Å². The van der Waals surface area contributed by atoms with Crippen LogP contribution >= 0.6 is 0 Å². The van der Waals surface area contributed by atoms with Crippen molar-refractivity contribution in [2.75, 3.05) is 14.1 Å². The highest BCUT2D eigenvalue weighted by molar-refractivity contribution is 5.73. The van der Waals surface area contributed by atoms with Gasteiger partial charge in [-0.3, -0.25) is 4.79 Å². The zero-order chi connectivity index (χ0) is 32.8. The fourth-order valence-corrected chi connectivity index (χ4v) is 7.35. The van der Waals surface area contributed by atoms with Gasteiger partial charge in [-0.05, 0) is 117 Å². The maximum atomic E-state index is 13.1. The lowest BCUT2D eigenvalue weighted by Gasteiger charge is -2.21. The molecule has 2 rings (SSSR count). The number of esters is 1. The highest BCUT2D eigenvalue weighted by Crippen LogP contribution is 2.30. The molecule has 3 heteroatoms. The van der Waals surface area contributed by atoms with Crippen LogP contribution in [-0.4, -0.2) is 37.1 Å². The minimum Gasteiger partial charge on any atom is -0.462 e. The standard InChI is InChI=1S/C43H77NO2/c1-44(2)41-38-37-40(39-41)43(45)46-42-35-33-31-29-27-25-23-21-19-17-15-13-11-9-7-5-3-4-6-8-10-12-14-16-18-20-22-24-26-28-30-32-34-36-42/h11,13,17-20,40-42H,3-10,12,14-16,21-39H2,1-2H3/b13-11-,19-17-,20-18-. The maximum absolute atomic E-state index is 13.1. The second kappa shape index (κ2) is 29.8. The van der Waals surface area contributed by atoms with Crippen molar-refractivity contribution in [1.82, 2.24) is 4.90 Å². The van der Waals surface area contributed by atoms with Gasteiger partial charge in [-0.2, -0.15) is 0 Å². The van der Waals surface area contributed by atoms with Crippen molar-refractivity contribution in [2.24, 2.45) is 5.92 Å². The summed E-state index contributed by atoms with van der Waals surface area (Å²) >= 11 is 0. The number of hydrogen-bond donors (Lipinski definition) is 0. The predicted molar refractivity (Wildman–Crippen MR) is 201 cm³/mol. The molecule has 1 fully saturated rings. The summed E-state index contributed by atoms with van der Waals surface area (Å²) in [5, 5.41) is 0. The van der Waals surface area contributed by atoms with Gasteiger partial charge in [-0.1, -0.05) is 133 Å². The van der Waals surface area contributed by atoms with E-state index in [9.17, 15) is 4.79 Å². The smallest absolute Gasteiger partial charge is 0.309 e. The van der Waals surface area contributed by atoms with Crippen molar-refractivity contribution in [3.05, 3.63) is 36.5 Å². The number of nitrogens with zero attached hydrogens (tertiary/aromatic N) is 1. The normalized spacial score (nSPS) is 28.7. The summed E-state index contributed by atoms with van der Waals surface area (Å²) < 4.78 is 6.23. The lowest BCUT2D eigenvalue weighted by Crippen LogP contribution is -2.27. The van der Waals surface area contributed by atoms with Gasteiger partial charge >= 0.3 is 5.97 Å². The van der Waals surface area contributed by atoms with Gasteiger partial charge < -0.3 is 9.64 Å².